The number of fused-ring (bicyclic) bond motifs is 2. The molecule has 0 saturated carbocycles. The molecule has 2 aromatic carbocycles. The average molecular weight is 526 g/mol. The summed E-state index contributed by atoms with van der Waals surface area (Å²) in [6, 6.07) is 13.5. The van der Waals surface area contributed by atoms with Gasteiger partial charge in [0.15, 0.2) is 0 Å². The van der Waals surface area contributed by atoms with Crippen LogP contribution >= 0.6 is 0 Å². The zero-order valence-electron chi connectivity index (χ0n) is 20.3. The first-order valence-corrected chi connectivity index (χ1v) is 13.9. The Labute approximate surface area is 213 Å². The summed E-state index contributed by atoms with van der Waals surface area (Å²) in [5, 5.41) is 14.6. The molecule has 2 amide bonds. The molecule has 10 nitrogen and oxygen atoms in total. The number of carboxylic acid groups (broad SMARTS) is 1. The van der Waals surface area contributed by atoms with Gasteiger partial charge < -0.3 is 14.8 Å². The maximum atomic E-state index is 13.7. The molecular weight excluding hydrogens is 498 g/mol. The number of benzene rings is 2. The van der Waals surface area contributed by atoms with Crippen LogP contribution < -0.4 is 10.1 Å². The zero-order valence-corrected chi connectivity index (χ0v) is 21.1. The smallest absolute Gasteiger partial charge is 0.325 e. The van der Waals surface area contributed by atoms with Crippen molar-refractivity contribution < 1.29 is 32.6 Å². The number of amides is 2. The Morgan fingerprint density at radius 2 is 1.81 bits per heavy atom. The molecule has 0 aliphatic carbocycles. The number of hydrogen-bond donors (Lipinski definition) is 3. The lowest BCUT2D eigenvalue weighted by molar-refractivity contribution is -0.151. The number of carboxylic acids is 1. The topological polar surface area (TPSA) is 146 Å². The van der Waals surface area contributed by atoms with Crippen LogP contribution in [0.1, 0.15) is 17.2 Å². The van der Waals surface area contributed by atoms with E-state index < -0.39 is 56.8 Å². The maximum absolute atomic E-state index is 13.7. The number of nitrogens with one attached hydrogen (secondary N) is 2. The standard InChI is InChI=1S/C26H27N3O7S/c1-36-19-10-6-4-8-17(19)22-20-21(24(31)29(23(20)30)11-12-37(2,34)35)26(28-22,25(32)33)13-15-14-27-18-9-5-3-7-16(15)18/h3-10,14,20-22,27-28H,11-13H2,1-2H3,(H,32,33). The first-order valence-electron chi connectivity index (χ1n) is 11.8. The number of nitrogens with zero attached hydrogens (tertiary/aromatic N) is 1. The molecule has 11 heteroatoms. The van der Waals surface area contributed by atoms with Gasteiger partial charge in [0.1, 0.15) is 21.1 Å². The van der Waals surface area contributed by atoms with Gasteiger partial charge in [0.05, 0.1) is 24.7 Å². The molecule has 0 spiro atoms. The summed E-state index contributed by atoms with van der Waals surface area (Å²) < 4.78 is 29.1. The third-order valence-corrected chi connectivity index (χ3v) is 8.36. The van der Waals surface area contributed by atoms with Gasteiger partial charge in [-0.25, -0.2) is 8.42 Å². The van der Waals surface area contributed by atoms with Crippen LogP contribution in [0.3, 0.4) is 0 Å². The minimum Gasteiger partial charge on any atom is -0.496 e. The first kappa shape index (κ1) is 25.0. The Morgan fingerprint density at radius 1 is 1.11 bits per heavy atom. The molecule has 2 aliphatic heterocycles. The number of aromatic amines is 1. The second-order valence-electron chi connectivity index (χ2n) is 9.64. The minimum absolute atomic E-state index is 0.0713. The van der Waals surface area contributed by atoms with Crippen molar-refractivity contribution in [1.82, 2.24) is 15.2 Å². The highest BCUT2D eigenvalue weighted by atomic mass is 32.2. The van der Waals surface area contributed by atoms with Gasteiger partial charge in [-0.1, -0.05) is 36.4 Å². The summed E-state index contributed by atoms with van der Waals surface area (Å²) in [6.07, 6.45) is 2.67. The van der Waals surface area contributed by atoms with Crippen LogP contribution in [0, 0.1) is 11.8 Å². The maximum Gasteiger partial charge on any atom is 0.325 e. The molecule has 3 aromatic rings. The van der Waals surface area contributed by atoms with Crippen LogP contribution in [0.2, 0.25) is 0 Å². The number of para-hydroxylation sites is 2. The van der Waals surface area contributed by atoms with Crippen LogP contribution in [-0.4, -0.2) is 72.4 Å². The van der Waals surface area contributed by atoms with Crippen molar-refractivity contribution in [2.45, 2.75) is 18.0 Å². The fourth-order valence-electron chi connectivity index (χ4n) is 5.74. The molecule has 0 radical (unpaired) electrons. The van der Waals surface area contributed by atoms with Crippen molar-refractivity contribution in [2.75, 3.05) is 25.7 Å². The van der Waals surface area contributed by atoms with Crippen LogP contribution in [0.15, 0.2) is 54.7 Å². The van der Waals surface area contributed by atoms with Gasteiger partial charge in [0, 0.05) is 47.9 Å². The summed E-state index contributed by atoms with van der Waals surface area (Å²) in [4.78, 5) is 44.5. The highest BCUT2D eigenvalue weighted by molar-refractivity contribution is 7.90. The van der Waals surface area contributed by atoms with Gasteiger partial charge in [-0.3, -0.25) is 24.6 Å². The van der Waals surface area contributed by atoms with E-state index in [4.69, 9.17) is 4.74 Å². The number of aliphatic carboxylic acids is 1. The quantitative estimate of drug-likeness (QED) is 0.376. The summed E-state index contributed by atoms with van der Waals surface area (Å²) in [6.45, 7) is -0.328. The first-order chi connectivity index (χ1) is 17.6. The average Bonchev–Trinajstić information content (AvgIpc) is 3.50. The van der Waals surface area contributed by atoms with Crippen molar-refractivity contribution in [3.8, 4) is 5.75 Å². The van der Waals surface area contributed by atoms with Gasteiger partial charge >= 0.3 is 5.97 Å². The molecule has 194 valence electrons. The van der Waals surface area contributed by atoms with Gasteiger partial charge in [0.25, 0.3) is 0 Å². The fraction of sp³-hybridized carbons (Fsp3) is 0.346. The Kier molecular flexibility index (Phi) is 6.07. The molecule has 1 aromatic heterocycles. The molecule has 4 unspecified atom stereocenters. The second-order valence-corrected chi connectivity index (χ2v) is 11.9. The third kappa shape index (κ3) is 4.08. The number of likely N-dealkylation sites (tertiary alicyclic amines) is 1. The van der Waals surface area contributed by atoms with Gasteiger partial charge in [-0.2, -0.15) is 0 Å². The van der Waals surface area contributed by atoms with Gasteiger partial charge in [-0.15, -0.1) is 0 Å². The van der Waals surface area contributed by atoms with Crippen molar-refractivity contribution in [3.05, 3.63) is 65.9 Å². The third-order valence-electron chi connectivity index (χ3n) is 7.43. The van der Waals surface area contributed by atoms with Gasteiger partial charge in [-0.05, 0) is 17.7 Å². The normalized spacial score (nSPS) is 25.6. The molecule has 3 heterocycles. The molecule has 4 atom stereocenters. The Bertz CT molecular complexity index is 1520. The SMILES string of the molecule is COc1ccccc1C1NC(Cc2c[nH]c3ccccc23)(C(=O)O)C2C(=O)N(CCS(C)(=O)=O)C(=O)C12. The number of aromatic nitrogens is 1. The molecule has 37 heavy (non-hydrogen) atoms. The second kappa shape index (κ2) is 9.00. The summed E-state index contributed by atoms with van der Waals surface area (Å²) >= 11 is 0. The van der Waals surface area contributed by atoms with Gasteiger partial charge in [0.2, 0.25) is 11.8 Å². The van der Waals surface area contributed by atoms with E-state index in [1.807, 2.05) is 24.3 Å². The lowest BCUT2D eigenvalue weighted by Gasteiger charge is -2.31. The predicted octanol–water partition coefficient (Wildman–Crippen LogP) is 1.53. The minimum atomic E-state index is -3.47. The van der Waals surface area contributed by atoms with Crippen LogP contribution in [-0.2, 0) is 30.6 Å². The van der Waals surface area contributed by atoms with E-state index >= 15 is 0 Å². The van der Waals surface area contributed by atoms with E-state index in [1.165, 1.54) is 7.11 Å². The Balaban J connectivity index is 1.65. The number of carbonyl (C=O) groups excluding carboxylic acids is 2. The number of methoxy groups -OCH3 is 1. The zero-order chi connectivity index (χ0) is 26.5. The number of H-pyrrole nitrogens is 1. The number of imide groups is 1. The predicted molar refractivity (Wildman–Crippen MR) is 135 cm³/mol. The molecule has 0 bridgehead atoms. The van der Waals surface area contributed by atoms with Crippen molar-refractivity contribution in [1.29, 1.82) is 0 Å². The Hall–Kier alpha value is -3.70. The molecule has 2 fully saturated rings. The number of sulfone groups is 1. The number of rotatable bonds is 8. The van der Waals surface area contributed by atoms with Crippen LogP contribution in [0.5, 0.6) is 5.75 Å². The van der Waals surface area contributed by atoms with E-state index in [0.29, 0.717) is 16.9 Å². The van der Waals surface area contributed by atoms with Crippen molar-refractivity contribution >= 4 is 38.5 Å². The molecule has 2 saturated heterocycles. The lowest BCUT2D eigenvalue weighted by Crippen LogP contribution is -2.57. The van der Waals surface area contributed by atoms with E-state index in [2.05, 4.69) is 10.3 Å². The fourth-order valence-corrected chi connectivity index (χ4v) is 6.26. The van der Waals surface area contributed by atoms with Crippen molar-refractivity contribution in [2.24, 2.45) is 11.8 Å². The summed E-state index contributed by atoms with van der Waals surface area (Å²) in [5.74, 6) is -4.81. The molecule has 2 aliphatic rings. The number of carbonyl (C=O) groups is 3. The highest BCUT2D eigenvalue weighted by Crippen LogP contribution is 2.51. The van der Waals surface area contributed by atoms with E-state index in [0.717, 1.165) is 22.1 Å². The summed E-state index contributed by atoms with van der Waals surface area (Å²) in [7, 11) is -2.00. The number of hydrogen-bond acceptors (Lipinski definition) is 7. The molecule has 3 N–H and O–H groups in total. The number of ether oxygens (including phenoxy) is 1. The largest absolute Gasteiger partial charge is 0.496 e. The van der Waals surface area contributed by atoms with E-state index in [-0.39, 0.29) is 13.0 Å². The summed E-state index contributed by atoms with van der Waals surface area (Å²) in [5.41, 5.74) is 0.221. The lowest BCUT2D eigenvalue weighted by atomic mass is 9.76. The molecular formula is C26H27N3O7S. The van der Waals surface area contributed by atoms with Crippen LogP contribution in [0.25, 0.3) is 10.9 Å². The Morgan fingerprint density at radius 3 is 2.51 bits per heavy atom. The molecule has 5 rings (SSSR count). The van der Waals surface area contributed by atoms with E-state index in [9.17, 15) is 27.9 Å². The van der Waals surface area contributed by atoms with E-state index in [1.54, 1.807) is 30.5 Å². The van der Waals surface area contributed by atoms with Crippen molar-refractivity contribution in [3.63, 3.8) is 0 Å². The highest BCUT2D eigenvalue weighted by Gasteiger charge is 2.68. The van der Waals surface area contributed by atoms with Crippen LogP contribution in [0.4, 0.5) is 0 Å². The monoisotopic (exact) mass is 525 g/mol.